The maximum absolute atomic E-state index is 12.3. The van der Waals surface area contributed by atoms with Gasteiger partial charge in [-0.1, -0.05) is 18.2 Å². The lowest BCUT2D eigenvalue weighted by molar-refractivity contribution is -0.122. The number of amides is 1. The first kappa shape index (κ1) is 14.6. The summed E-state index contributed by atoms with van der Waals surface area (Å²) >= 11 is 0. The van der Waals surface area contributed by atoms with E-state index in [1.165, 1.54) is 24.8 Å². The Morgan fingerprint density at radius 1 is 1.35 bits per heavy atom. The molecule has 4 nitrogen and oxygen atoms in total. The van der Waals surface area contributed by atoms with Gasteiger partial charge in [0, 0.05) is 30.7 Å². The molecule has 0 spiro atoms. The number of nitrogens with zero attached hydrogens (tertiary/aromatic N) is 2. The van der Waals surface area contributed by atoms with Crippen LogP contribution in [0.2, 0.25) is 0 Å². The third-order valence-electron chi connectivity index (χ3n) is 5.41. The molecule has 2 atom stereocenters. The summed E-state index contributed by atoms with van der Waals surface area (Å²) in [4.78, 5) is 19.1. The number of hydrogen-bond donors (Lipinski definition) is 1. The molecular formula is C19H23N3O. The minimum Gasteiger partial charge on any atom is -0.351 e. The Hall–Kier alpha value is -1.94. The van der Waals surface area contributed by atoms with Gasteiger partial charge in [0.2, 0.25) is 5.91 Å². The van der Waals surface area contributed by atoms with E-state index in [1.54, 1.807) is 0 Å². The molecule has 1 N–H and O–H groups in total. The number of hydrogen-bond acceptors (Lipinski definition) is 3. The molecule has 0 radical (unpaired) electrons. The summed E-state index contributed by atoms with van der Waals surface area (Å²) in [7, 11) is 0. The number of carbonyl (C=O) groups excluding carboxylic acids is 1. The van der Waals surface area contributed by atoms with Crippen molar-refractivity contribution in [2.75, 3.05) is 13.1 Å². The molecule has 0 unspecified atom stereocenters. The second-order valence-corrected chi connectivity index (χ2v) is 6.98. The highest BCUT2D eigenvalue weighted by Crippen LogP contribution is 2.36. The van der Waals surface area contributed by atoms with Crippen molar-refractivity contribution in [3.05, 3.63) is 41.6 Å². The largest absolute Gasteiger partial charge is 0.351 e. The number of likely N-dealkylation sites (tertiary alicyclic amines) is 1. The summed E-state index contributed by atoms with van der Waals surface area (Å²) < 4.78 is 0. The zero-order valence-electron chi connectivity index (χ0n) is 13.6. The summed E-state index contributed by atoms with van der Waals surface area (Å²) in [5, 5.41) is 4.22. The minimum atomic E-state index is 0.134. The molecule has 4 rings (SSSR count). The number of benzene rings is 1. The van der Waals surface area contributed by atoms with Gasteiger partial charge in [-0.2, -0.15) is 0 Å². The molecule has 2 aliphatic rings. The van der Waals surface area contributed by atoms with Gasteiger partial charge in [0.1, 0.15) is 0 Å². The fourth-order valence-corrected chi connectivity index (χ4v) is 4.18. The molecule has 1 aliphatic heterocycles. The summed E-state index contributed by atoms with van der Waals surface area (Å²) in [6.07, 6.45) is 5.74. The van der Waals surface area contributed by atoms with Gasteiger partial charge in [-0.15, -0.1) is 0 Å². The van der Waals surface area contributed by atoms with Crippen LogP contribution in [0.15, 0.2) is 30.5 Å². The molecule has 1 aliphatic carbocycles. The van der Waals surface area contributed by atoms with E-state index in [2.05, 4.69) is 40.3 Å². The quantitative estimate of drug-likeness (QED) is 0.944. The fourth-order valence-electron chi connectivity index (χ4n) is 4.18. The highest BCUT2D eigenvalue weighted by Gasteiger charge is 2.38. The molecule has 4 heteroatoms. The Bertz CT molecular complexity index is 742. The number of aromatic nitrogens is 1. The highest BCUT2D eigenvalue weighted by atomic mass is 16.2. The van der Waals surface area contributed by atoms with E-state index in [1.807, 2.05) is 12.3 Å². The number of piperidine rings is 1. The van der Waals surface area contributed by atoms with Crippen LogP contribution in [0.25, 0.3) is 10.9 Å². The molecule has 2 fully saturated rings. The van der Waals surface area contributed by atoms with Crippen LogP contribution in [0.5, 0.6) is 0 Å². The number of fused-ring (bicyclic) bond motifs is 3. The predicted octanol–water partition coefficient (Wildman–Crippen LogP) is 2.64. The van der Waals surface area contributed by atoms with Crippen LogP contribution in [0.1, 0.15) is 30.4 Å². The van der Waals surface area contributed by atoms with Crippen LogP contribution in [0.4, 0.5) is 0 Å². The molecule has 120 valence electrons. The number of rotatable bonds is 4. The molecule has 1 aromatic carbocycles. The van der Waals surface area contributed by atoms with E-state index in [4.69, 9.17) is 0 Å². The third kappa shape index (κ3) is 2.83. The Balaban J connectivity index is 1.41. The van der Waals surface area contributed by atoms with E-state index in [9.17, 15) is 4.79 Å². The molecule has 23 heavy (non-hydrogen) atoms. The Labute approximate surface area is 136 Å². The van der Waals surface area contributed by atoms with E-state index in [0.717, 1.165) is 28.9 Å². The van der Waals surface area contributed by atoms with Gasteiger partial charge >= 0.3 is 0 Å². The summed E-state index contributed by atoms with van der Waals surface area (Å²) in [6.45, 7) is 4.29. The maximum Gasteiger partial charge on any atom is 0.234 e. The van der Waals surface area contributed by atoms with E-state index >= 15 is 0 Å². The second kappa shape index (κ2) is 5.93. The third-order valence-corrected chi connectivity index (χ3v) is 5.41. The molecular weight excluding hydrogens is 286 g/mol. The normalized spacial score (nSPS) is 23.5. The maximum atomic E-state index is 12.3. The number of carbonyl (C=O) groups is 1. The molecule has 1 amide bonds. The number of aryl methyl sites for hydroxylation is 1. The van der Waals surface area contributed by atoms with E-state index in [-0.39, 0.29) is 5.91 Å². The average Bonchev–Trinajstić information content (AvgIpc) is 3.17. The topological polar surface area (TPSA) is 45.2 Å². The van der Waals surface area contributed by atoms with Crippen LogP contribution in [0, 0.1) is 12.8 Å². The Morgan fingerprint density at radius 3 is 3.04 bits per heavy atom. The molecule has 1 saturated heterocycles. The molecule has 1 saturated carbocycles. The first-order valence-corrected chi connectivity index (χ1v) is 8.54. The lowest BCUT2D eigenvalue weighted by Gasteiger charge is -2.25. The summed E-state index contributed by atoms with van der Waals surface area (Å²) in [6, 6.07) is 8.85. The molecule has 1 aromatic heterocycles. The van der Waals surface area contributed by atoms with Crippen LogP contribution in [-0.4, -0.2) is 34.9 Å². The predicted molar refractivity (Wildman–Crippen MR) is 91.0 cm³/mol. The SMILES string of the molecule is Cc1ccc(CNC(=O)CN2C[C@H]3CC[C@@H]2C3)c2cccnc12. The standard InChI is InChI=1S/C19H23N3O/c1-13-4-6-15(17-3-2-8-20-19(13)17)10-21-18(23)12-22-11-14-5-7-16(22)9-14/h2-4,6,8,14,16H,5,7,9-12H2,1H3,(H,21,23)/t14-,16+/m0/s1. The highest BCUT2D eigenvalue weighted by molar-refractivity contribution is 5.85. The van der Waals surface area contributed by atoms with Gasteiger partial charge in [0.15, 0.2) is 0 Å². The van der Waals surface area contributed by atoms with Crippen molar-refractivity contribution in [2.45, 2.75) is 38.8 Å². The molecule has 2 bridgehead atoms. The van der Waals surface area contributed by atoms with Gasteiger partial charge in [-0.3, -0.25) is 14.7 Å². The fraction of sp³-hybridized carbons (Fsp3) is 0.474. The monoisotopic (exact) mass is 309 g/mol. The van der Waals surface area contributed by atoms with Crippen LogP contribution in [-0.2, 0) is 11.3 Å². The first-order valence-electron chi connectivity index (χ1n) is 8.54. The second-order valence-electron chi connectivity index (χ2n) is 6.98. The van der Waals surface area contributed by atoms with Crippen molar-refractivity contribution in [2.24, 2.45) is 5.92 Å². The Morgan fingerprint density at radius 2 is 2.26 bits per heavy atom. The minimum absolute atomic E-state index is 0.134. The van der Waals surface area contributed by atoms with Gasteiger partial charge in [-0.05, 0) is 49.3 Å². The van der Waals surface area contributed by atoms with Gasteiger partial charge in [0.25, 0.3) is 0 Å². The van der Waals surface area contributed by atoms with Crippen molar-refractivity contribution in [3.8, 4) is 0 Å². The average molecular weight is 309 g/mol. The van der Waals surface area contributed by atoms with Crippen molar-refractivity contribution in [3.63, 3.8) is 0 Å². The lowest BCUT2D eigenvalue weighted by atomic mass is 10.0. The molecule has 2 aromatic rings. The molecule has 2 heterocycles. The number of nitrogens with one attached hydrogen (secondary N) is 1. The smallest absolute Gasteiger partial charge is 0.234 e. The van der Waals surface area contributed by atoms with Crippen molar-refractivity contribution >= 4 is 16.8 Å². The van der Waals surface area contributed by atoms with Gasteiger partial charge in [-0.25, -0.2) is 0 Å². The Kier molecular flexibility index (Phi) is 3.77. The summed E-state index contributed by atoms with van der Waals surface area (Å²) in [5.41, 5.74) is 3.33. The van der Waals surface area contributed by atoms with Crippen LogP contribution < -0.4 is 5.32 Å². The zero-order chi connectivity index (χ0) is 15.8. The summed E-state index contributed by atoms with van der Waals surface area (Å²) in [5.74, 6) is 0.968. The number of pyridine rings is 1. The first-order chi connectivity index (χ1) is 11.2. The van der Waals surface area contributed by atoms with Gasteiger partial charge in [0.05, 0.1) is 12.1 Å². The van der Waals surface area contributed by atoms with E-state index in [0.29, 0.717) is 19.1 Å². The van der Waals surface area contributed by atoms with Crippen LogP contribution in [0.3, 0.4) is 0 Å². The van der Waals surface area contributed by atoms with Gasteiger partial charge < -0.3 is 5.32 Å². The van der Waals surface area contributed by atoms with Crippen molar-refractivity contribution in [1.82, 2.24) is 15.2 Å². The van der Waals surface area contributed by atoms with E-state index < -0.39 is 0 Å². The van der Waals surface area contributed by atoms with Crippen molar-refractivity contribution < 1.29 is 4.79 Å². The van der Waals surface area contributed by atoms with Crippen LogP contribution >= 0.6 is 0 Å². The van der Waals surface area contributed by atoms with Crippen molar-refractivity contribution in [1.29, 1.82) is 0 Å². The lowest BCUT2D eigenvalue weighted by Crippen LogP contribution is -2.41. The zero-order valence-corrected chi connectivity index (χ0v) is 13.6.